The van der Waals surface area contributed by atoms with Crippen molar-refractivity contribution < 1.29 is 8.42 Å². The van der Waals surface area contributed by atoms with Crippen molar-refractivity contribution in [3.63, 3.8) is 0 Å². The van der Waals surface area contributed by atoms with Gasteiger partial charge in [-0.2, -0.15) is 0 Å². The molecule has 0 amide bonds. The highest BCUT2D eigenvalue weighted by Crippen LogP contribution is 1.96. The summed E-state index contributed by atoms with van der Waals surface area (Å²) in [6.45, 7) is 3.21. The average molecular weight is 222 g/mol. The molecule has 0 aliphatic carbocycles. The van der Waals surface area contributed by atoms with Gasteiger partial charge in [0.1, 0.15) is 0 Å². The molecule has 0 saturated carbocycles. The number of hydrogen-bond acceptors (Lipinski definition) is 3. The minimum absolute atomic E-state index is 0.250. The SMILES string of the molecule is CCCCS(=O)(=O)NCCCCCN. The van der Waals surface area contributed by atoms with E-state index in [0.29, 0.717) is 13.1 Å². The molecule has 0 saturated heterocycles. The maximum atomic E-state index is 11.3. The number of rotatable bonds is 9. The predicted molar refractivity (Wildman–Crippen MR) is 59.6 cm³/mol. The molecule has 0 rings (SSSR count). The van der Waals surface area contributed by atoms with E-state index in [1.807, 2.05) is 6.92 Å². The topological polar surface area (TPSA) is 72.2 Å². The van der Waals surface area contributed by atoms with E-state index in [-0.39, 0.29) is 5.75 Å². The molecule has 0 aliphatic rings. The Bertz CT molecular complexity index is 215. The third-order valence-corrected chi connectivity index (χ3v) is 3.44. The lowest BCUT2D eigenvalue weighted by molar-refractivity contribution is 0.572. The van der Waals surface area contributed by atoms with Crippen LogP contribution in [-0.4, -0.2) is 27.3 Å². The Balaban J connectivity index is 3.46. The van der Waals surface area contributed by atoms with E-state index in [4.69, 9.17) is 5.73 Å². The first kappa shape index (κ1) is 13.9. The molecular formula is C9H22N2O2S. The highest BCUT2D eigenvalue weighted by atomic mass is 32.2. The fourth-order valence-corrected chi connectivity index (χ4v) is 2.35. The monoisotopic (exact) mass is 222 g/mol. The highest BCUT2D eigenvalue weighted by molar-refractivity contribution is 7.89. The molecule has 0 fully saturated rings. The second-order valence-electron chi connectivity index (χ2n) is 3.42. The van der Waals surface area contributed by atoms with Gasteiger partial charge < -0.3 is 5.73 Å². The molecule has 0 aromatic heterocycles. The van der Waals surface area contributed by atoms with Crippen LogP contribution in [0.1, 0.15) is 39.0 Å². The molecule has 0 heterocycles. The summed E-state index contributed by atoms with van der Waals surface area (Å²) in [5, 5.41) is 0. The molecule has 3 N–H and O–H groups in total. The van der Waals surface area contributed by atoms with Crippen molar-refractivity contribution in [1.82, 2.24) is 4.72 Å². The number of sulfonamides is 1. The van der Waals surface area contributed by atoms with Gasteiger partial charge in [-0.1, -0.05) is 19.8 Å². The largest absolute Gasteiger partial charge is 0.330 e. The zero-order valence-electron chi connectivity index (χ0n) is 8.96. The summed E-state index contributed by atoms with van der Waals surface area (Å²) in [6.07, 6.45) is 4.48. The van der Waals surface area contributed by atoms with Crippen LogP contribution in [0, 0.1) is 0 Å². The van der Waals surface area contributed by atoms with Crippen molar-refractivity contribution in [3.05, 3.63) is 0 Å². The predicted octanol–water partition coefficient (Wildman–Crippen LogP) is 0.835. The molecule has 0 atom stereocenters. The zero-order valence-corrected chi connectivity index (χ0v) is 9.78. The Morgan fingerprint density at radius 2 is 1.86 bits per heavy atom. The van der Waals surface area contributed by atoms with E-state index in [9.17, 15) is 8.42 Å². The summed E-state index contributed by atoms with van der Waals surface area (Å²) in [6, 6.07) is 0. The van der Waals surface area contributed by atoms with Crippen LogP contribution in [0.4, 0.5) is 0 Å². The summed E-state index contributed by atoms with van der Waals surface area (Å²) in [5.41, 5.74) is 5.32. The van der Waals surface area contributed by atoms with E-state index in [1.165, 1.54) is 0 Å². The minimum atomic E-state index is -3.01. The molecule has 0 aromatic carbocycles. The molecule has 86 valence electrons. The molecule has 0 bridgehead atoms. The quantitative estimate of drug-likeness (QED) is 0.568. The lowest BCUT2D eigenvalue weighted by Crippen LogP contribution is -2.27. The Morgan fingerprint density at radius 3 is 2.43 bits per heavy atom. The van der Waals surface area contributed by atoms with Gasteiger partial charge in [-0.05, 0) is 25.8 Å². The lowest BCUT2D eigenvalue weighted by atomic mass is 10.2. The van der Waals surface area contributed by atoms with Gasteiger partial charge in [0.05, 0.1) is 5.75 Å². The van der Waals surface area contributed by atoms with Crippen molar-refractivity contribution in [2.24, 2.45) is 5.73 Å². The molecule has 5 heteroatoms. The Kier molecular flexibility index (Phi) is 8.12. The molecule has 0 aromatic rings. The van der Waals surface area contributed by atoms with Crippen LogP contribution in [0.2, 0.25) is 0 Å². The van der Waals surface area contributed by atoms with Gasteiger partial charge in [0.2, 0.25) is 10.0 Å². The average Bonchev–Trinajstić information content (AvgIpc) is 2.15. The Labute approximate surface area is 87.3 Å². The van der Waals surface area contributed by atoms with Gasteiger partial charge in [0, 0.05) is 6.54 Å². The maximum Gasteiger partial charge on any atom is 0.211 e. The minimum Gasteiger partial charge on any atom is -0.330 e. The van der Waals surface area contributed by atoms with E-state index >= 15 is 0 Å². The standard InChI is InChI=1S/C9H22N2O2S/c1-2-3-9-14(12,13)11-8-6-4-5-7-10/h11H,2-10H2,1H3. The molecule has 0 aliphatic heterocycles. The molecule has 4 nitrogen and oxygen atoms in total. The summed E-state index contributed by atoms with van der Waals surface area (Å²) in [4.78, 5) is 0. The van der Waals surface area contributed by atoms with Crippen LogP contribution in [0.3, 0.4) is 0 Å². The number of hydrogen-bond donors (Lipinski definition) is 2. The fraction of sp³-hybridized carbons (Fsp3) is 1.00. The van der Waals surface area contributed by atoms with Crippen LogP contribution < -0.4 is 10.5 Å². The lowest BCUT2D eigenvalue weighted by Gasteiger charge is -2.05. The van der Waals surface area contributed by atoms with Crippen LogP contribution in [0.25, 0.3) is 0 Å². The molecule has 0 unspecified atom stereocenters. The van der Waals surface area contributed by atoms with Gasteiger partial charge in [-0.15, -0.1) is 0 Å². The van der Waals surface area contributed by atoms with Crippen molar-refractivity contribution in [1.29, 1.82) is 0 Å². The van der Waals surface area contributed by atoms with Gasteiger partial charge in [0.15, 0.2) is 0 Å². The van der Waals surface area contributed by atoms with Crippen molar-refractivity contribution in [3.8, 4) is 0 Å². The zero-order chi connectivity index (χ0) is 10.9. The maximum absolute atomic E-state index is 11.3. The third kappa shape index (κ3) is 8.47. The molecular weight excluding hydrogens is 200 g/mol. The number of nitrogens with one attached hydrogen (secondary N) is 1. The van der Waals surface area contributed by atoms with Crippen LogP contribution in [0.5, 0.6) is 0 Å². The number of unbranched alkanes of at least 4 members (excludes halogenated alkanes) is 3. The van der Waals surface area contributed by atoms with E-state index in [2.05, 4.69) is 4.72 Å². The van der Waals surface area contributed by atoms with E-state index in [1.54, 1.807) is 0 Å². The van der Waals surface area contributed by atoms with Gasteiger partial charge in [-0.3, -0.25) is 0 Å². The van der Waals surface area contributed by atoms with Gasteiger partial charge in [-0.25, -0.2) is 13.1 Å². The summed E-state index contributed by atoms with van der Waals surface area (Å²) >= 11 is 0. The van der Waals surface area contributed by atoms with Gasteiger partial charge in [0.25, 0.3) is 0 Å². The Hall–Kier alpha value is -0.130. The normalized spacial score (nSPS) is 11.9. The molecule has 0 spiro atoms. The molecule has 0 radical (unpaired) electrons. The summed E-state index contributed by atoms with van der Waals surface area (Å²) in [5.74, 6) is 0.250. The van der Waals surface area contributed by atoms with Crippen LogP contribution in [0.15, 0.2) is 0 Å². The second-order valence-corrected chi connectivity index (χ2v) is 5.34. The molecule has 14 heavy (non-hydrogen) atoms. The smallest absolute Gasteiger partial charge is 0.211 e. The van der Waals surface area contributed by atoms with Crippen molar-refractivity contribution in [2.75, 3.05) is 18.8 Å². The summed E-state index contributed by atoms with van der Waals surface area (Å²) < 4.78 is 25.2. The first-order valence-corrected chi connectivity index (χ1v) is 6.95. The summed E-state index contributed by atoms with van der Waals surface area (Å²) in [7, 11) is -3.01. The van der Waals surface area contributed by atoms with E-state index in [0.717, 1.165) is 32.1 Å². The second kappa shape index (κ2) is 8.20. The Morgan fingerprint density at radius 1 is 1.14 bits per heavy atom. The van der Waals surface area contributed by atoms with Crippen molar-refractivity contribution in [2.45, 2.75) is 39.0 Å². The number of nitrogens with two attached hydrogens (primary N) is 1. The fourth-order valence-electron chi connectivity index (χ4n) is 1.08. The van der Waals surface area contributed by atoms with Crippen molar-refractivity contribution >= 4 is 10.0 Å². The van der Waals surface area contributed by atoms with E-state index < -0.39 is 10.0 Å². The van der Waals surface area contributed by atoms with Crippen LogP contribution >= 0.6 is 0 Å². The van der Waals surface area contributed by atoms with Crippen LogP contribution in [-0.2, 0) is 10.0 Å². The first-order chi connectivity index (χ1) is 6.62. The van der Waals surface area contributed by atoms with Gasteiger partial charge >= 0.3 is 0 Å². The highest BCUT2D eigenvalue weighted by Gasteiger charge is 2.07. The first-order valence-electron chi connectivity index (χ1n) is 5.30. The third-order valence-electron chi connectivity index (χ3n) is 1.97.